The number of likely N-dealkylation sites (tertiary alicyclic amines) is 1. The molecule has 0 aromatic heterocycles. The van der Waals surface area contributed by atoms with Crippen LogP contribution in [0.25, 0.3) is 0 Å². The highest BCUT2D eigenvalue weighted by atomic mass is 32.2. The lowest BCUT2D eigenvalue weighted by molar-refractivity contribution is -0.139. The van der Waals surface area contributed by atoms with Crippen molar-refractivity contribution in [2.24, 2.45) is 10.8 Å². The molecule has 1 unspecified atom stereocenters. The third-order valence-corrected chi connectivity index (χ3v) is 6.25. The second kappa shape index (κ2) is 11.1. The summed E-state index contributed by atoms with van der Waals surface area (Å²) in [5, 5.41) is 2.64. The molecule has 29 heavy (non-hydrogen) atoms. The van der Waals surface area contributed by atoms with Crippen molar-refractivity contribution in [3.05, 3.63) is 0 Å². The van der Waals surface area contributed by atoms with Crippen LogP contribution in [0, 0.1) is 10.8 Å². The summed E-state index contributed by atoms with van der Waals surface area (Å²) in [6, 6.07) is 0. The van der Waals surface area contributed by atoms with E-state index in [1.54, 1.807) is 11.8 Å². The van der Waals surface area contributed by atoms with Crippen LogP contribution >= 0.6 is 11.8 Å². The Balaban J connectivity index is 2.19. The normalized spacial score (nSPS) is 17.7. The number of hydrogen-bond acceptors (Lipinski definition) is 5. The maximum absolute atomic E-state index is 12.5. The molecule has 0 aromatic carbocycles. The van der Waals surface area contributed by atoms with Gasteiger partial charge in [0, 0.05) is 36.8 Å². The van der Waals surface area contributed by atoms with E-state index in [-0.39, 0.29) is 53.6 Å². The Morgan fingerprint density at radius 3 is 2.21 bits per heavy atom. The van der Waals surface area contributed by atoms with Crippen molar-refractivity contribution in [2.75, 3.05) is 18.8 Å². The fourth-order valence-electron chi connectivity index (χ4n) is 2.88. The molecule has 1 heterocycles. The molecule has 6 nitrogen and oxygen atoms in total. The number of ketones is 1. The van der Waals surface area contributed by atoms with Crippen LogP contribution in [-0.4, -0.2) is 52.5 Å². The molecule has 1 rings (SSSR count). The van der Waals surface area contributed by atoms with Gasteiger partial charge in [0.15, 0.2) is 0 Å². The van der Waals surface area contributed by atoms with Crippen LogP contribution in [0.15, 0.2) is 0 Å². The topological polar surface area (TPSA) is 83.6 Å². The van der Waals surface area contributed by atoms with Crippen molar-refractivity contribution in [3.63, 3.8) is 0 Å². The summed E-state index contributed by atoms with van der Waals surface area (Å²) in [4.78, 5) is 49.7. The molecule has 0 saturated carbocycles. The van der Waals surface area contributed by atoms with Crippen molar-refractivity contribution >= 4 is 35.3 Å². The molecule has 166 valence electrons. The van der Waals surface area contributed by atoms with Crippen LogP contribution in [0.5, 0.6) is 0 Å². The molecule has 0 aromatic rings. The average Bonchev–Trinajstić information content (AvgIpc) is 2.86. The highest BCUT2D eigenvalue weighted by Crippen LogP contribution is 2.27. The summed E-state index contributed by atoms with van der Waals surface area (Å²) in [5.41, 5.74) is -0.800. The van der Waals surface area contributed by atoms with E-state index in [2.05, 4.69) is 5.32 Å². The number of thioether (sulfide) groups is 1. The summed E-state index contributed by atoms with van der Waals surface area (Å²) in [6.45, 7) is 12.1. The molecule has 1 aliphatic heterocycles. The summed E-state index contributed by atoms with van der Waals surface area (Å²) in [5.74, 6) is 0.668. The Hall–Kier alpha value is -1.37. The third kappa shape index (κ3) is 8.89. The van der Waals surface area contributed by atoms with E-state index >= 15 is 0 Å². The zero-order chi connectivity index (χ0) is 22.2. The van der Waals surface area contributed by atoms with Crippen LogP contribution < -0.4 is 5.32 Å². The number of hydrogen-bond donors (Lipinski definition) is 1. The Bertz CT molecular complexity index is 605. The van der Waals surface area contributed by atoms with E-state index in [4.69, 9.17) is 0 Å². The van der Waals surface area contributed by atoms with Crippen LogP contribution in [0.1, 0.15) is 80.1 Å². The minimum atomic E-state index is -0.449. The molecule has 0 spiro atoms. The van der Waals surface area contributed by atoms with E-state index in [1.807, 2.05) is 41.5 Å². The number of imide groups is 1. The predicted octanol–water partition coefficient (Wildman–Crippen LogP) is 3.58. The number of amides is 3. The summed E-state index contributed by atoms with van der Waals surface area (Å²) >= 11 is 1.54. The average molecular weight is 427 g/mol. The first-order valence-corrected chi connectivity index (χ1v) is 11.7. The van der Waals surface area contributed by atoms with Gasteiger partial charge in [0.1, 0.15) is 5.78 Å². The van der Waals surface area contributed by atoms with E-state index in [0.717, 1.165) is 31.4 Å². The minimum absolute atomic E-state index is 0.0629. The zero-order valence-electron chi connectivity index (χ0n) is 18.9. The zero-order valence-corrected chi connectivity index (χ0v) is 19.7. The Labute approximate surface area is 179 Å². The first kappa shape index (κ1) is 25.7. The van der Waals surface area contributed by atoms with Gasteiger partial charge in [-0.2, -0.15) is 0 Å². The van der Waals surface area contributed by atoms with E-state index in [9.17, 15) is 19.2 Å². The molecule has 3 amide bonds. The SMILES string of the molecule is CC(C)(C)C(=O)CCN1C(=O)CC(SCCCCCCNC(=O)C(C)(C)C)C1=O. The number of nitrogens with one attached hydrogen (secondary N) is 1. The Morgan fingerprint density at radius 1 is 1.00 bits per heavy atom. The summed E-state index contributed by atoms with van der Waals surface area (Å²) < 4.78 is 0. The van der Waals surface area contributed by atoms with Crippen LogP contribution in [-0.2, 0) is 19.2 Å². The van der Waals surface area contributed by atoms with Crippen molar-refractivity contribution in [3.8, 4) is 0 Å². The van der Waals surface area contributed by atoms with Crippen LogP contribution in [0.3, 0.4) is 0 Å². The smallest absolute Gasteiger partial charge is 0.242 e. The fourth-order valence-corrected chi connectivity index (χ4v) is 4.07. The molecular formula is C22H38N2O4S. The highest BCUT2D eigenvalue weighted by molar-refractivity contribution is 8.00. The first-order chi connectivity index (χ1) is 13.3. The maximum atomic E-state index is 12.5. The quantitative estimate of drug-likeness (QED) is 0.403. The second-order valence-corrected chi connectivity index (χ2v) is 11.1. The molecule has 7 heteroatoms. The first-order valence-electron chi connectivity index (χ1n) is 10.6. The van der Waals surface area contributed by atoms with E-state index < -0.39 is 5.41 Å². The molecule has 1 saturated heterocycles. The van der Waals surface area contributed by atoms with Crippen molar-refractivity contribution in [1.82, 2.24) is 10.2 Å². The number of Topliss-reactive ketones (excluding diaryl/α,β-unsaturated/α-hetero) is 1. The van der Waals surface area contributed by atoms with Crippen molar-refractivity contribution in [2.45, 2.75) is 85.3 Å². The standard InChI is InChI=1S/C22H38N2O4S/c1-21(2,3)17(25)11-13-24-18(26)15-16(19(24)27)29-14-10-8-7-9-12-23-20(28)22(4,5)6/h16H,7-15H2,1-6H3,(H,23,28). The summed E-state index contributed by atoms with van der Waals surface area (Å²) in [6.07, 6.45) is 4.47. The van der Waals surface area contributed by atoms with Gasteiger partial charge in [-0.3, -0.25) is 24.1 Å². The van der Waals surface area contributed by atoms with Crippen LogP contribution in [0.4, 0.5) is 0 Å². The van der Waals surface area contributed by atoms with E-state index in [0.29, 0.717) is 6.54 Å². The number of nitrogens with zero attached hydrogens (tertiary/aromatic N) is 1. The van der Waals surface area contributed by atoms with Gasteiger partial charge >= 0.3 is 0 Å². The minimum Gasteiger partial charge on any atom is -0.356 e. The lowest BCUT2D eigenvalue weighted by Gasteiger charge is -2.19. The molecule has 1 N–H and O–H groups in total. The van der Waals surface area contributed by atoms with Gasteiger partial charge in [-0.25, -0.2) is 0 Å². The van der Waals surface area contributed by atoms with Gasteiger partial charge in [0.25, 0.3) is 0 Å². The van der Waals surface area contributed by atoms with Crippen LogP contribution in [0.2, 0.25) is 0 Å². The lowest BCUT2D eigenvalue weighted by atomic mass is 9.89. The van der Waals surface area contributed by atoms with Crippen molar-refractivity contribution < 1.29 is 19.2 Å². The highest BCUT2D eigenvalue weighted by Gasteiger charge is 2.39. The lowest BCUT2D eigenvalue weighted by Crippen LogP contribution is -2.35. The monoisotopic (exact) mass is 426 g/mol. The largest absolute Gasteiger partial charge is 0.356 e. The maximum Gasteiger partial charge on any atom is 0.242 e. The second-order valence-electron chi connectivity index (χ2n) is 9.79. The van der Waals surface area contributed by atoms with Gasteiger partial charge in [-0.1, -0.05) is 54.4 Å². The molecule has 0 aliphatic carbocycles. The predicted molar refractivity (Wildman–Crippen MR) is 118 cm³/mol. The fraction of sp³-hybridized carbons (Fsp3) is 0.818. The van der Waals surface area contributed by atoms with E-state index in [1.165, 1.54) is 4.90 Å². The molecular weight excluding hydrogens is 388 g/mol. The van der Waals surface area contributed by atoms with Gasteiger partial charge in [0.2, 0.25) is 17.7 Å². The van der Waals surface area contributed by atoms with Gasteiger partial charge in [-0.05, 0) is 18.6 Å². The number of unbranched alkanes of at least 4 members (excludes halogenated alkanes) is 3. The molecule has 1 fully saturated rings. The number of carbonyl (C=O) groups is 4. The molecule has 0 bridgehead atoms. The van der Waals surface area contributed by atoms with Gasteiger partial charge < -0.3 is 5.32 Å². The Kier molecular flexibility index (Phi) is 9.86. The van der Waals surface area contributed by atoms with Gasteiger partial charge in [-0.15, -0.1) is 11.8 Å². The summed E-state index contributed by atoms with van der Waals surface area (Å²) in [7, 11) is 0. The molecule has 1 atom stereocenters. The van der Waals surface area contributed by atoms with Gasteiger partial charge in [0.05, 0.1) is 5.25 Å². The molecule has 0 radical (unpaired) electrons. The van der Waals surface area contributed by atoms with Crippen molar-refractivity contribution in [1.29, 1.82) is 0 Å². The number of carbonyl (C=O) groups excluding carboxylic acids is 4. The number of rotatable bonds is 11. The third-order valence-electron chi connectivity index (χ3n) is 4.96. The molecule has 1 aliphatic rings. The Morgan fingerprint density at radius 2 is 1.62 bits per heavy atom.